The second-order valence-electron chi connectivity index (χ2n) is 3.97. The number of tetrazole rings is 1. The summed E-state index contributed by atoms with van der Waals surface area (Å²) in [4.78, 5) is 0. The Morgan fingerprint density at radius 3 is 3.06 bits per heavy atom. The number of fused-ring (bicyclic) bond motifs is 3. The van der Waals surface area contributed by atoms with Gasteiger partial charge in [-0.05, 0) is 23.8 Å². The second kappa shape index (κ2) is 3.02. The summed E-state index contributed by atoms with van der Waals surface area (Å²) in [6, 6.07) is 0. The van der Waals surface area contributed by atoms with E-state index in [-0.39, 0.29) is 5.54 Å². The fourth-order valence-corrected chi connectivity index (χ4v) is 2.13. The molecule has 0 fully saturated rings. The van der Waals surface area contributed by atoms with E-state index in [1.165, 1.54) is 4.63 Å². The van der Waals surface area contributed by atoms with Crippen molar-refractivity contribution in [3.05, 3.63) is 10.7 Å². The van der Waals surface area contributed by atoms with Crippen LogP contribution in [0.4, 0.5) is 5.69 Å². The van der Waals surface area contributed by atoms with Gasteiger partial charge in [0.05, 0.1) is 11.2 Å². The Morgan fingerprint density at radius 1 is 1.50 bits per heavy atom. The van der Waals surface area contributed by atoms with Gasteiger partial charge in [-0.3, -0.25) is 0 Å². The van der Waals surface area contributed by atoms with Gasteiger partial charge < -0.3 is 5.43 Å². The molecule has 0 spiro atoms. The molecule has 0 radical (unpaired) electrons. The summed E-state index contributed by atoms with van der Waals surface area (Å²) >= 11 is 6.06. The number of rotatable bonds is 1. The van der Waals surface area contributed by atoms with Crippen molar-refractivity contribution in [2.45, 2.75) is 25.8 Å². The summed E-state index contributed by atoms with van der Waals surface area (Å²) in [7, 11) is 0. The van der Waals surface area contributed by atoms with Gasteiger partial charge in [-0.2, -0.15) is 0 Å². The molecule has 0 aliphatic carbocycles. The molecule has 8 heteroatoms. The first kappa shape index (κ1) is 9.73. The van der Waals surface area contributed by atoms with Crippen LogP contribution in [0.25, 0.3) is 5.65 Å². The van der Waals surface area contributed by atoms with E-state index in [4.69, 9.17) is 11.6 Å². The fourth-order valence-electron chi connectivity index (χ4n) is 1.91. The number of anilines is 1. The Balaban J connectivity index is 2.41. The van der Waals surface area contributed by atoms with Gasteiger partial charge in [0, 0.05) is 5.56 Å². The Labute approximate surface area is 96.1 Å². The van der Waals surface area contributed by atoms with Gasteiger partial charge in [0.2, 0.25) is 5.65 Å². The van der Waals surface area contributed by atoms with E-state index in [9.17, 15) is 0 Å². The molecule has 3 rings (SSSR count). The normalized spacial score (nSPS) is 23.4. The molecule has 7 nitrogen and oxygen atoms in total. The quantitative estimate of drug-likeness (QED) is 0.764. The molecule has 2 aromatic heterocycles. The molecule has 1 aliphatic rings. The minimum absolute atomic E-state index is 0.238. The maximum Gasteiger partial charge on any atom is 0.207 e. The van der Waals surface area contributed by atoms with Crippen LogP contribution in [0, 0.1) is 0 Å². The molecule has 0 saturated carbocycles. The summed E-state index contributed by atoms with van der Waals surface area (Å²) in [6.07, 6.45) is 0.885. The van der Waals surface area contributed by atoms with E-state index in [1.807, 2.05) is 0 Å². The topological polar surface area (TPSA) is 80.0 Å². The lowest BCUT2D eigenvalue weighted by atomic mass is 9.92. The summed E-state index contributed by atoms with van der Waals surface area (Å²) in [6.45, 7) is 4.15. The molecule has 1 atom stereocenters. The Kier molecular flexibility index (Phi) is 1.84. The number of hydrazine groups is 1. The van der Waals surface area contributed by atoms with Crippen LogP contribution < -0.4 is 10.9 Å². The van der Waals surface area contributed by atoms with Crippen LogP contribution in [0.1, 0.15) is 25.8 Å². The third kappa shape index (κ3) is 1.07. The Morgan fingerprint density at radius 2 is 2.31 bits per heavy atom. The van der Waals surface area contributed by atoms with Crippen LogP contribution in [0.5, 0.6) is 0 Å². The second-order valence-corrected chi connectivity index (χ2v) is 4.33. The van der Waals surface area contributed by atoms with Crippen molar-refractivity contribution in [2.75, 3.05) is 5.43 Å². The molecule has 0 aromatic carbocycles. The first-order valence-electron chi connectivity index (χ1n) is 4.97. The summed E-state index contributed by atoms with van der Waals surface area (Å²) in [5.41, 5.74) is 8.33. The number of nitrogens with one attached hydrogen (secondary N) is 2. The van der Waals surface area contributed by atoms with Gasteiger partial charge >= 0.3 is 0 Å². The zero-order valence-corrected chi connectivity index (χ0v) is 9.58. The van der Waals surface area contributed by atoms with Gasteiger partial charge in [-0.25, -0.2) is 5.43 Å². The standard InChI is InChI=1S/C8H10ClN7/c1-3-8(2)4-5(10-13-8)6(9)12-16-7(4)11-14-15-16/h10,13H,3H2,1-2H3. The van der Waals surface area contributed by atoms with Crippen molar-refractivity contribution in [1.29, 1.82) is 0 Å². The van der Waals surface area contributed by atoms with E-state index in [1.54, 1.807) is 0 Å². The summed E-state index contributed by atoms with van der Waals surface area (Å²) in [5, 5.41) is 15.8. The number of halogens is 1. The monoisotopic (exact) mass is 239 g/mol. The molecule has 84 valence electrons. The summed E-state index contributed by atoms with van der Waals surface area (Å²) in [5.74, 6) is 0. The van der Waals surface area contributed by atoms with Crippen LogP contribution in [0.15, 0.2) is 0 Å². The molecule has 2 N–H and O–H groups in total. The molecule has 3 heterocycles. The minimum Gasteiger partial charge on any atom is -0.317 e. The number of hydrogen-bond acceptors (Lipinski definition) is 6. The van der Waals surface area contributed by atoms with E-state index in [0.717, 1.165) is 17.7 Å². The van der Waals surface area contributed by atoms with Crippen molar-refractivity contribution in [2.24, 2.45) is 0 Å². The van der Waals surface area contributed by atoms with Crippen LogP contribution in [0.3, 0.4) is 0 Å². The van der Waals surface area contributed by atoms with E-state index < -0.39 is 0 Å². The van der Waals surface area contributed by atoms with Crippen molar-refractivity contribution < 1.29 is 0 Å². The van der Waals surface area contributed by atoms with Gasteiger partial charge in [0.1, 0.15) is 0 Å². The van der Waals surface area contributed by atoms with Gasteiger partial charge in [0.25, 0.3) is 0 Å². The van der Waals surface area contributed by atoms with Crippen molar-refractivity contribution in [3.63, 3.8) is 0 Å². The highest BCUT2D eigenvalue weighted by molar-refractivity contribution is 6.32. The van der Waals surface area contributed by atoms with Crippen LogP contribution in [-0.2, 0) is 5.54 Å². The molecule has 1 unspecified atom stereocenters. The molecule has 0 amide bonds. The molecular formula is C8H10ClN7. The van der Waals surface area contributed by atoms with Gasteiger partial charge in [-0.1, -0.05) is 18.5 Å². The average Bonchev–Trinajstić information content (AvgIpc) is 2.84. The predicted molar refractivity (Wildman–Crippen MR) is 58.0 cm³/mol. The first-order chi connectivity index (χ1) is 7.65. The first-order valence-corrected chi connectivity index (χ1v) is 5.35. The highest BCUT2D eigenvalue weighted by Gasteiger charge is 2.38. The third-order valence-corrected chi connectivity index (χ3v) is 3.30. The predicted octanol–water partition coefficient (Wildman–Crippen LogP) is 0.728. The van der Waals surface area contributed by atoms with E-state index in [0.29, 0.717) is 10.8 Å². The molecular weight excluding hydrogens is 230 g/mol. The molecule has 1 aliphatic heterocycles. The minimum atomic E-state index is -0.238. The highest BCUT2D eigenvalue weighted by Crippen LogP contribution is 2.40. The maximum absolute atomic E-state index is 6.06. The van der Waals surface area contributed by atoms with Crippen LogP contribution >= 0.6 is 11.6 Å². The smallest absolute Gasteiger partial charge is 0.207 e. The molecule has 2 aromatic rings. The van der Waals surface area contributed by atoms with E-state index >= 15 is 0 Å². The van der Waals surface area contributed by atoms with Crippen molar-refractivity contribution in [3.8, 4) is 0 Å². The average molecular weight is 240 g/mol. The maximum atomic E-state index is 6.06. The van der Waals surface area contributed by atoms with Crippen molar-refractivity contribution in [1.82, 2.24) is 30.7 Å². The lowest BCUT2D eigenvalue weighted by Gasteiger charge is -2.21. The lowest BCUT2D eigenvalue weighted by Crippen LogP contribution is -2.36. The van der Waals surface area contributed by atoms with Crippen LogP contribution in [-0.4, -0.2) is 25.3 Å². The fraction of sp³-hybridized carbons (Fsp3) is 0.500. The van der Waals surface area contributed by atoms with Crippen molar-refractivity contribution >= 4 is 22.9 Å². The highest BCUT2D eigenvalue weighted by atomic mass is 35.5. The van der Waals surface area contributed by atoms with E-state index in [2.05, 4.69) is 45.3 Å². The largest absolute Gasteiger partial charge is 0.317 e. The lowest BCUT2D eigenvalue weighted by molar-refractivity contribution is 0.409. The van der Waals surface area contributed by atoms with Crippen LogP contribution in [0.2, 0.25) is 5.15 Å². The van der Waals surface area contributed by atoms with Gasteiger partial charge in [0.15, 0.2) is 5.15 Å². The van der Waals surface area contributed by atoms with Gasteiger partial charge in [-0.15, -0.1) is 14.8 Å². The zero-order chi connectivity index (χ0) is 11.3. The SMILES string of the molecule is CCC1(C)NNc2c(Cl)nn3nnnc3c21. The third-order valence-electron chi connectivity index (χ3n) is 3.04. The molecule has 16 heavy (non-hydrogen) atoms. The molecule has 0 saturated heterocycles. The summed E-state index contributed by atoms with van der Waals surface area (Å²) < 4.78 is 1.35. The number of aromatic nitrogens is 5. The number of nitrogens with zero attached hydrogens (tertiary/aromatic N) is 5. The molecule has 0 bridgehead atoms. The number of hydrogen-bond donors (Lipinski definition) is 2. The Hall–Kier alpha value is -1.47. The zero-order valence-electron chi connectivity index (χ0n) is 8.82. The Bertz CT molecular complexity index is 565.